The van der Waals surface area contributed by atoms with Crippen LogP contribution in [-0.4, -0.2) is 6.26 Å². The van der Waals surface area contributed by atoms with Gasteiger partial charge in [0, 0.05) is 4.90 Å². The molecule has 0 spiro atoms. The molecule has 0 heterocycles. The first-order valence-corrected chi connectivity index (χ1v) is 6.39. The fourth-order valence-corrected chi connectivity index (χ4v) is 2.54. The topological polar surface area (TPSA) is 0 Å². The Labute approximate surface area is 92.1 Å². The molecule has 0 aliphatic rings. The summed E-state index contributed by atoms with van der Waals surface area (Å²) in [5.74, 6) is 0. The third kappa shape index (κ3) is 2.33. The molecule has 78 valence electrons. The number of benzene rings is 1. The van der Waals surface area contributed by atoms with Crippen molar-refractivity contribution in [3.05, 3.63) is 29.3 Å². The first kappa shape index (κ1) is 11.6. The summed E-state index contributed by atoms with van der Waals surface area (Å²) < 4.78 is 0. The Kier molecular flexibility index (Phi) is 3.65. The Morgan fingerprint density at radius 3 is 2.29 bits per heavy atom. The van der Waals surface area contributed by atoms with E-state index >= 15 is 0 Å². The van der Waals surface area contributed by atoms with Crippen LogP contribution in [-0.2, 0) is 11.8 Å². The minimum absolute atomic E-state index is 0.261. The predicted molar refractivity (Wildman–Crippen MR) is 66.3 cm³/mol. The molecule has 0 saturated carbocycles. The van der Waals surface area contributed by atoms with Gasteiger partial charge in [0.05, 0.1) is 0 Å². The van der Waals surface area contributed by atoms with Crippen LogP contribution in [0.15, 0.2) is 23.1 Å². The summed E-state index contributed by atoms with van der Waals surface area (Å²) in [6.07, 6.45) is 3.28. The summed E-state index contributed by atoms with van der Waals surface area (Å²) in [4.78, 5) is 1.43. The van der Waals surface area contributed by atoms with E-state index in [4.69, 9.17) is 0 Å². The average molecular weight is 208 g/mol. The van der Waals surface area contributed by atoms with E-state index in [0.717, 1.165) is 6.42 Å². The van der Waals surface area contributed by atoms with Crippen LogP contribution in [0, 0.1) is 0 Å². The van der Waals surface area contributed by atoms with Crippen molar-refractivity contribution in [2.24, 2.45) is 0 Å². The molecule has 0 unspecified atom stereocenters. The molecule has 1 heteroatoms. The minimum atomic E-state index is 0.261. The highest BCUT2D eigenvalue weighted by Crippen LogP contribution is 2.31. The predicted octanol–water partition coefficient (Wildman–Crippen LogP) is 4.27. The van der Waals surface area contributed by atoms with E-state index in [1.54, 1.807) is 0 Å². The zero-order valence-electron chi connectivity index (χ0n) is 9.85. The van der Waals surface area contributed by atoms with Crippen molar-refractivity contribution in [3.63, 3.8) is 0 Å². The van der Waals surface area contributed by atoms with E-state index in [0.29, 0.717) is 0 Å². The summed E-state index contributed by atoms with van der Waals surface area (Å²) in [5, 5.41) is 0. The molecule has 0 N–H and O–H groups in total. The fourth-order valence-electron chi connectivity index (χ4n) is 1.82. The van der Waals surface area contributed by atoms with E-state index in [-0.39, 0.29) is 5.41 Å². The Bertz CT molecular complexity index is 308. The molecule has 0 radical (unpaired) electrons. The van der Waals surface area contributed by atoms with E-state index in [2.05, 4.69) is 52.1 Å². The molecule has 1 aromatic rings. The zero-order valence-corrected chi connectivity index (χ0v) is 10.7. The van der Waals surface area contributed by atoms with Crippen LogP contribution in [0.4, 0.5) is 0 Å². The summed E-state index contributed by atoms with van der Waals surface area (Å²) in [7, 11) is 0. The molecule has 0 bridgehead atoms. The molecule has 14 heavy (non-hydrogen) atoms. The second kappa shape index (κ2) is 4.39. The molecule has 0 aromatic heterocycles. The smallest absolute Gasteiger partial charge is 0.0104 e. The zero-order chi connectivity index (χ0) is 10.8. The van der Waals surface area contributed by atoms with Crippen molar-refractivity contribution in [2.45, 2.75) is 44.4 Å². The molecule has 0 saturated heterocycles. The summed E-state index contributed by atoms with van der Waals surface area (Å²) in [6, 6.07) is 6.66. The third-order valence-corrected chi connectivity index (χ3v) is 3.34. The number of rotatable bonds is 2. The molecule has 0 fully saturated rings. The van der Waals surface area contributed by atoms with Crippen LogP contribution in [0.3, 0.4) is 0 Å². The van der Waals surface area contributed by atoms with Gasteiger partial charge < -0.3 is 0 Å². The lowest BCUT2D eigenvalue weighted by Gasteiger charge is -2.24. The van der Waals surface area contributed by atoms with Crippen molar-refractivity contribution in [2.75, 3.05) is 6.26 Å². The van der Waals surface area contributed by atoms with Gasteiger partial charge in [-0.05, 0) is 35.3 Å². The maximum atomic E-state index is 2.28. The average Bonchev–Trinajstić information content (AvgIpc) is 2.15. The number of thioether (sulfide) groups is 1. The van der Waals surface area contributed by atoms with Crippen LogP contribution in [0.5, 0.6) is 0 Å². The van der Waals surface area contributed by atoms with Crippen molar-refractivity contribution in [1.29, 1.82) is 0 Å². The van der Waals surface area contributed by atoms with E-state index in [1.807, 2.05) is 11.8 Å². The van der Waals surface area contributed by atoms with E-state index in [9.17, 15) is 0 Å². The summed E-state index contributed by atoms with van der Waals surface area (Å²) in [5.41, 5.74) is 3.27. The largest absolute Gasteiger partial charge is 0.129 e. The Hall–Kier alpha value is -0.430. The molecular formula is C13H20S. The van der Waals surface area contributed by atoms with E-state index < -0.39 is 0 Å². The van der Waals surface area contributed by atoms with Gasteiger partial charge in [0.15, 0.2) is 0 Å². The first-order valence-electron chi connectivity index (χ1n) is 5.17. The van der Waals surface area contributed by atoms with Crippen LogP contribution in [0.2, 0.25) is 0 Å². The van der Waals surface area contributed by atoms with Gasteiger partial charge >= 0.3 is 0 Å². The molecular weight excluding hydrogens is 188 g/mol. The Morgan fingerprint density at radius 1 is 1.21 bits per heavy atom. The van der Waals surface area contributed by atoms with Crippen LogP contribution < -0.4 is 0 Å². The maximum absolute atomic E-state index is 2.28. The minimum Gasteiger partial charge on any atom is -0.129 e. The number of hydrogen-bond donors (Lipinski definition) is 0. The molecule has 1 aromatic carbocycles. The molecule has 0 aliphatic carbocycles. The summed E-state index contributed by atoms with van der Waals surface area (Å²) in [6.45, 7) is 9.09. The number of hydrogen-bond acceptors (Lipinski definition) is 1. The van der Waals surface area contributed by atoms with Gasteiger partial charge in [0.25, 0.3) is 0 Å². The highest BCUT2D eigenvalue weighted by Gasteiger charge is 2.18. The Balaban J connectivity index is 3.29. The normalized spacial score (nSPS) is 11.8. The lowest BCUT2D eigenvalue weighted by atomic mass is 9.83. The molecule has 0 aliphatic heterocycles. The van der Waals surface area contributed by atoms with Crippen molar-refractivity contribution in [1.82, 2.24) is 0 Å². The molecule has 1 rings (SSSR count). The lowest BCUT2D eigenvalue weighted by molar-refractivity contribution is 0.580. The van der Waals surface area contributed by atoms with Gasteiger partial charge in [-0.15, -0.1) is 11.8 Å². The highest BCUT2D eigenvalue weighted by atomic mass is 32.2. The monoisotopic (exact) mass is 208 g/mol. The first-order chi connectivity index (χ1) is 6.50. The van der Waals surface area contributed by atoms with Gasteiger partial charge in [-0.3, -0.25) is 0 Å². The van der Waals surface area contributed by atoms with Gasteiger partial charge in [-0.1, -0.05) is 39.8 Å². The van der Waals surface area contributed by atoms with Gasteiger partial charge in [-0.25, -0.2) is 0 Å². The van der Waals surface area contributed by atoms with Gasteiger partial charge in [0.2, 0.25) is 0 Å². The summed E-state index contributed by atoms with van der Waals surface area (Å²) >= 11 is 1.85. The SMILES string of the molecule is CCc1c(SC)cccc1C(C)(C)C. The van der Waals surface area contributed by atoms with Crippen LogP contribution in [0.25, 0.3) is 0 Å². The highest BCUT2D eigenvalue weighted by molar-refractivity contribution is 7.98. The second-order valence-corrected chi connectivity index (χ2v) is 5.44. The molecule has 0 nitrogen and oxygen atoms in total. The van der Waals surface area contributed by atoms with Crippen molar-refractivity contribution >= 4 is 11.8 Å². The quantitative estimate of drug-likeness (QED) is 0.654. The Morgan fingerprint density at radius 2 is 1.86 bits per heavy atom. The van der Waals surface area contributed by atoms with Gasteiger partial charge in [-0.2, -0.15) is 0 Å². The fraction of sp³-hybridized carbons (Fsp3) is 0.538. The van der Waals surface area contributed by atoms with E-state index in [1.165, 1.54) is 16.0 Å². The van der Waals surface area contributed by atoms with Crippen molar-refractivity contribution < 1.29 is 0 Å². The molecule has 0 atom stereocenters. The van der Waals surface area contributed by atoms with Crippen molar-refractivity contribution in [3.8, 4) is 0 Å². The second-order valence-electron chi connectivity index (χ2n) is 4.59. The molecule has 0 amide bonds. The van der Waals surface area contributed by atoms with Crippen LogP contribution in [0.1, 0.15) is 38.8 Å². The maximum Gasteiger partial charge on any atom is 0.0104 e. The van der Waals surface area contributed by atoms with Crippen LogP contribution >= 0.6 is 11.8 Å². The standard InChI is InChI=1S/C13H20S/c1-6-10-11(13(2,3)4)8-7-9-12(10)14-5/h7-9H,6H2,1-5H3. The van der Waals surface area contributed by atoms with Gasteiger partial charge in [0.1, 0.15) is 0 Å². The lowest BCUT2D eigenvalue weighted by Crippen LogP contribution is -2.14. The third-order valence-electron chi connectivity index (χ3n) is 2.51.